The topological polar surface area (TPSA) is 93.5 Å². The summed E-state index contributed by atoms with van der Waals surface area (Å²) in [7, 11) is 0. The normalized spacial score (nSPS) is 10.6. The largest absolute Gasteiger partial charge is 0.484 e. The van der Waals surface area contributed by atoms with E-state index in [9.17, 15) is 14.0 Å². The molecule has 0 atom stereocenters. The highest BCUT2D eigenvalue weighted by atomic mass is 32.1. The van der Waals surface area contributed by atoms with Crippen LogP contribution in [0.2, 0.25) is 0 Å². The van der Waals surface area contributed by atoms with Crippen molar-refractivity contribution >= 4 is 33.3 Å². The summed E-state index contributed by atoms with van der Waals surface area (Å²) in [5.74, 6) is -0.733. The molecule has 32 heavy (non-hydrogen) atoms. The SMILES string of the molecule is Cc1ccc(-c2nc(NC(=O)COc3ccc(F)cc3)sc2NC(=O)c2ccco2)cc1. The van der Waals surface area contributed by atoms with Gasteiger partial charge in [-0.25, -0.2) is 9.37 Å². The number of amides is 2. The third kappa shape index (κ3) is 5.19. The standard InChI is InChI=1S/C23H18FN3O4S/c1-14-4-6-15(7-5-14)20-22(27-21(29)18-3-2-12-30-18)32-23(26-20)25-19(28)13-31-17-10-8-16(24)9-11-17/h2-12H,13H2,1H3,(H,27,29)(H,25,26,28). The molecule has 4 aromatic rings. The highest BCUT2D eigenvalue weighted by Gasteiger charge is 2.19. The number of carbonyl (C=O) groups excluding carboxylic acids is 2. The van der Waals surface area contributed by atoms with E-state index >= 15 is 0 Å². The Morgan fingerprint density at radius 3 is 2.50 bits per heavy atom. The summed E-state index contributed by atoms with van der Waals surface area (Å²) in [4.78, 5) is 29.3. The van der Waals surface area contributed by atoms with Gasteiger partial charge in [-0.1, -0.05) is 41.2 Å². The zero-order valence-corrected chi connectivity index (χ0v) is 17.7. The first-order valence-corrected chi connectivity index (χ1v) is 10.4. The van der Waals surface area contributed by atoms with Crippen LogP contribution in [0.1, 0.15) is 16.1 Å². The van der Waals surface area contributed by atoms with Gasteiger partial charge in [-0.3, -0.25) is 14.9 Å². The smallest absolute Gasteiger partial charge is 0.292 e. The molecule has 0 fully saturated rings. The molecular weight excluding hydrogens is 433 g/mol. The van der Waals surface area contributed by atoms with Gasteiger partial charge < -0.3 is 14.5 Å². The van der Waals surface area contributed by atoms with Crippen molar-refractivity contribution in [2.45, 2.75) is 6.92 Å². The molecule has 2 N–H and O–H groups in total. The van der Waals surface area contributed by atoms with Gasteiger partial charge in [-0.2, -0.15) is 0 Å². The van der Waals surface area contributed by atoms with E-state index in [1.54, 1.807) is 12.1 Å². The van der Waals surface area contributed by atoms with Crippen LogP contribution in [0.25, 0.3) is 11.3 Å². The van der Waals surface area contributed by atoms with Crippen LogP contribution in [0.4, 0.5) is 14.5 Å². The monoisotopic (exact) mass is 451 g/mol. The van der Waals surface area contributed by atoms with Crippen LogP contribution < -0.4 is 15.4 Å². The molecule has 9 heteroatoms. The van der Waals surface area contributed by atoms with E-state index in [1.807, 2.05) is 31.2 Å². The lowest BCUT2D eigenvalue weighted by Gasteiger charge is -2.05. The predicted octanol–water partition coefficient (Wildman–Crippen LogP) is 5.12. The van der Waals surface area contributed by atoms with Crippen LogP contribution >= 0.6 is 11.3 Å². The first kappa shape index (κ1) is 21.3. The number of benzene rings is 2. The van der Waals surface area contributed by atoms with Crippen LogP contribution in [0.3, 0.4) is 0 Å². The third-order valence-corrected chi connectivity index (χ3v) is 5.24. The second-order valence-electron chi connectivity index (χ2n) is 6.78. The van der Waals surface area contributed by atoms with Gasteiger partial charge in [0.2, 0.25) is 0 Å². The lowest BCUT2D eigenvalue weighted by Crippen LogP contribution is -2.20. The molecule has 0 aliphatic rings. The van der Waals surface area contributed by atoms with Gasteiger partial charge in [0.05, 0.1) is 6.26 Å². The van der Waals surface area contributed by atoms with Crippen molar-refractivity contribution in [1.82, 2.24) is 4.98 Å². The number of aromatic nitrogens is 1. The molecule has 2 aromatic heterocycles. The number of nitrogens with one attached hydrogen (secondary N) is 2. The maximum Gasteiger partial charge on any atom is 0.292 e. The first-order chi connectivity index (χ1) is 15.5. The van der Waals surface area contributed by atoms with E-state index in [-0.39, 0.29) is 12.4 Å². The summed E-state index contributed by atoms with van der Waals surface area (Å²) >= 11 is 1.11. The summed E-state index contributed by atoms with van der Waals surface area (Å²) in [6.45, 7) is 1.69. The van der Waals surface area contributed by atoms with E-state index in [2.05, 4.69) is 15.6 Å². The van der Waals surface area contributed by atoms with Crippen LogP contribution in [0, 0.1) is 12.7 Å². The molecular formula is C23H18FN3O4S. The summed E-state index contributed by atoms with van der Waals surface area (Å²) in [5, 5.41) is 6.21. The average molecular weight is 451 g/mol. The van der Waals surface area contributed by atoms with Gasteiger partial charge in [0.15, 0.2) is 17.5 Å². The van der Waals surface area contributed by atoms with Crippen molar-refractivity contribution in [3.05, 3.63) is 84.1 Å². The second kappa shape index (κ2) is 9.44. The van der Waals surface area contributed by atoms with Gasteiger partial charge in [-0.15, -0.1) is 0 Å². The third-order valence-electron chi connectivity index (χ3n) is 4.35. The lowest BCUT2D eigenvalue weighted by molar-refractivity contribution is -0.118. The van der Waals surface area contributed by atoms with Gasteiger partial charge in [0.25, 0.3) is 11.8 Å². The average Bonchev–Trinajstić information content (AvgIpc) is 3.44. The molecule has 0 saturated heterocycles. The molecule has 0 spiro atoms. The molecule has 4 rings (SSSR count). The molecule has 0 saturated carbocycles. The first-order valence-electron chi connectivity index (χ1n) is 9.59. The zero-order chi connectivity index (χ0) is 22.5. The Morgan fingerprint density at radius 2 is 1.81 bits per heavy atom. The Bertz CT molecular complexity index is 1220. The lowest BCUT2D eigenvalue weighted by atomic mass is 10.1. The number of carbonyl (C=O) groups is 2. The fourth-order valence-corrected chi connectivity index (χ4v) is 3.67. The number of anilines is 2. The maximum atomic E-state index is 13.0. The summed E-state index contributed by atoms with van der Waals surface area (Å²) in [5.41, 5.74) is 2.38. The van der Waals surface area contributed by atoms with Crippen molar-refractivity contribution in [2.24, 2.45) is 0 Å². The fraction of sp³-hybridized carbons (Fsp3) is 0.0870. The molecule has 0 aliphatic heterocycles. The number of ether oxygens (including phenoxy) is 1. The molecule has 2 aromatic carbocycles. The Hall–Kier alpha value is -3.98. The molecule has 2 amide bonds. The van der Waals surface area contributed by atoms with Crippen LogP contribution in [-0.4, -0.2) is 23.4 Å². The Labute approximate surface area is 186 Å². The molecule has 162 valence electrons. The minimum Gasteiger partial charge on any atom is -0.484 e. The molecule has 0 bridgehead atoms. The molecule has 7 nitrogen and oxygen atoms in total. The number of thiazole rings is 1. The minimum absolute atomic E-state index is 0.159. The van der Waals surface area contributed by atoms with Crippen molar-refractivity contribution in [3.8, 4) is 17.0 Å². The molecule has 0 aliphatic carbocycles. The number of hydrogen-bond acceptors (Lipinski definition) is 6. The molecule has 0 radical (unpaired) electrons. The van der Waals surface area contributed by atoms with Gasteiger partial charge >= 0.3 is 0 Å². The number of aryl methyl sites for hydroxylation is 1. The van der Waals surface area contributed by atoms with E-state index in [1.165, 1.54) is 30.5 Å². The van der Waals surface area contributed by atoms with Crippen LogP contribution in [-0.2, 0) is 4.79 Å². The van der Waals surface area contributed by atoms with E-state index < -0.39 is 17.6 Å². The number of furan rings is 1. The second-order valence-corrected chi connectivity index (χ2v) is 7.78. The predicted molar refractivity (Wildman–Crippen MR) is 119 cm³/mol. The molecule has 0 unspecified atom stereocenters. The van der Waals surface area contributed by atoms with Crippen LogP contribution in [0.15, 0.2) is 71.3 Å². The minimum atomic E-state index is -0.442. The van der Waals surface area contributed by atoms with Crippen molar-refractivity contribution < 1.29 is 23.1 Å². The Morgan fingerprint density at radius 1 is 1.06 bits per heavy atom. The summed E-state index contributed by atoms with van der Waals surface area (Å²) < 4.78 is 23.5. The number of hydrogen-bond donors (Lipinski definition) is 2. The van der Waals surface area contributed by atoms with E-state index in [0.717, 1.165) is 22.5 Å². The summed E-state index contributed by atoms with van der Waals surface area (Å²) in [6.07, 6.45) is 1.41. The maximum absolute atomic E-state index is 13.0. The van der Waals surface area contributed by atoms with Crippen LogP contribution in [0.5, 0.6) is 5.75 Å². The quantitative estimate of drug-likeness (QED) is 0.407. The van der Waals surface area contributed by atoms with Gasteiger partial charge in [0.1, 0.15) is 22.3 Å². The van der Waals surface area contributed by atoms with E-state index in [4.69, 9.17) is 9.15 Å². The highest BCUT2D eigenvalue weighted by Crippen LogP contribution is 2.36. The van der Waals surface area contributed by atoms with E-state index in [0.29, 0.717) is 21.6 Å². The highest BCUT2D eigenvalue weighted by molar-refractivity contribution is 7.20. The number of halogens is 1. The zero-order valence-electron chi connectivity index (χ0n) is 16.9. The fourth-order valence-electron chi connectivity index (χ4n) is 2.77. The van der Waals surface area contributed by atoms with Crippen molar-refractivity contribution in [1.29, 1.82) is 0 Å². The summed E-state index contributed by atoms with van der Waals surface area (Å²) in [6, 6.07) is 16.2. The number of nitrogens with zero attached hydrogens (tertiary/aromatic N) is 1. The Kier molecular flexibility index (Phi) is 6.27. The Balaban J connectivity index is 1.51. The van der Waals surface area contributed by atoms with Gasteiger partial charge in [0, 0.05) is 5.56 Å². The van der Waals surface area contributed by atoms with Crippen molar-refractivity contribution in [2.75, 3.05) is 17.2 Å². The van der Waals surface area contributed by atoms with Gasteiger partial charge in [-0.05, 0) is 43.3 Å². The van der Waals surface area contributed by atoms with Crippen molar-refractivity contribution in [3.63, 3.8) is 0 Å². The molecule has 2 heterocycles. The number of rotatable bonds is 7.